The Morgan fingerprint density at radius 3 is 2.78 bits per heavy atom. The number of carbonyl (C=O) groups excluding carboxylic acids is 1. The molecule has 1 aliphatic heterocycles. The first-order valence-electron chi connectivity index (χ1n) is 9.93. The van der Waals surface area contributed by atoms with E-state index in [2.05, 4.69) is 31.3 Å². The van der Waals surface area contributed by atoms with Gasteiger partial charge in [-0.25, -0.2) is 0 Å². The van der Waals surface area contributed by atoms with Crippen LogP contribution in [0, 0.1) is 5.41 Å². The second-order valence-corrected chi connectivity index (χ2v) is 9.40. The molecular formula is C21H31N3O2S. The zero-order chi connectivity index (χ0) is 19.4. The standard InChI is InChI=1S/C21H31N3O2S/c1-21(2)9-13-24(19(25)15-21)12-5-4-10-22-11-8-16-6-7-17-18(14-16)27-20(26)23(17)3/h6-7,14,22H,4-5,8-13,15H2,1-3H3. The maximum Gasteiger partial charge on any atom is 0.307 e. The number of nitrogens with one attached hydrogen (secondary N) is 1. The van der Waals surface area contributed by atoms with Crippen molar-refractivity contribution in [1.29, 1.82) is 0 Å². The van der Waals surface area contributed by atoms with Crippen molar-refractivity contribution >= 4 is 27.5 Å². The topological polar surface area (TPSA) is 54.3 Å². The number of hydrogen-bond acceptors (Lipinski definition) is 4. The van der Waals surface area contributed by atoms with Crippen molar-refractivity contribution in [3.05, 3.63) is 33.4 Å². The first kappa shape index (κ1) is 20.1. The maximum atomic E-state index is 12.1. The maximum absolute atomic E-state index is 12.1. The Labute approximate surface area is 165 Å². The third-order valence-corrected chi connectivity index (χ3v) is 6.52. The van der Waals surface area contributed by atoms with Crippen LogP contribution >= 0.6 is 11.3 Å². The number of fused-ring (bicyclic) bond motifs is 1. The van der Waals surface area contributed by atoms with Gasteiger partial charge in [-0.15, -0.1) is 0 Å². The van der Waals surface area contributed by atoms with Crippen molar-refractivity contribution < 1.29 is 4.79 Å². The smallest absolute Gasteiger partial charge is 0.307 e. The van der Waals surface area contributed by atoms with E-state index in [0.717, 1.165) is 62.1 Å². The van der Waals surface area contributed by atoms with E-state index in [1.54, 1.807) is 4.57 Å². The number of likely N-dealkylation sites (tertiary alicyclic amines) is 1. The molecule has 1 fully saturated rings. The molecule has 0 unspecified atom stereocenters. The highest BCUT2D eigenvalue weighted by Gasteiger charge is 2.30. The summed E-state index contributed by atoms with van der Waals surface area (Å²) >= 11 is 1.31. The van der Waals surface area contributed by atoms with E-state index in [0.29, 0.717) is 12.3 Å². The number of aryl methyl sites for hydroxylation is 1. The fourth-order valence-corrected chi connectivity index (χ4v) is 4.60. The van der Waals surface area contributed by atoms with Crippen LogP contribution < -0.4 is 10.2 Å². The molecule has 148 valence electrons. The molecule has 1 N–H and O–H groups in total. The summed E-state index contributed by atoms with van der Waals surface area (Å²) in [6.07, 6.45) is 4.91. The van der Waals surface area contributed by atoms with Gasteiger partial charge < -0.3 is 14.8 Å². The van der Waals surface area contributed by atoms with Gasteiger partial charge >= 0.3 is 4.87 Å². The van der Waals surface area contributed by atoms with E-state index < -0.39 is 0 Å². The molecule has 3 rings (SSSR count). The van der Waals surface area contributed by atoms with Crippen LogP contribution in [0.15, 0.2) is 23.0 Å². The molecule has 5 nitrogen and oxygen atoms in total. The quantitative estimate of drug-likeness (QED) is 0.706. The minimum atomic E-state index is 0.0935. The second kappa shape index (κ2) is 8.57. The molecule has 0 atom stereocenters. The number of unbranched alkanes of at least 4 members (excludes halogenated alkanes) is 1. The molecular weight excluding hydrogens is 358 g/mol. The number of carbonyl (C=O) groups is 1. The molecule has 2 aromatic rings. The van der Waals surface area contributed by atoms with Gasteiger partial charge in [-0.2, -0.15) is 0 Å². The largest absolute Gasteiger partial charge is 0.343 e. The van der Waals surface area contributed by atoms with Gasteiger partial charge in [-0.3, -0.25) is 9.59 Å². The number of aromatic nitrogens is 1. The highest BCUT2D eigenvalue weighted by Crippen LogP contribution is 2.30. The highest BCUT2D eigenvalue weighted by molar-refractivity contribution is 7.16. The third-order valence-electron chi connectivity index (χ3n) is 5.52. The van der Waals surface area contributed by atoms with Crippen molar-refractivity contribution in [2.75, 3.05) is 26.2 Å². The lowest BCUT2D eigenvalue weighted by molar-refractivity contribution is -0.137. The second-order valence-electron chi connectivity index (χ2n) is 8.41. The Hall–Kier alpha value is -1.66. The van der Waals surface area contributed by atoms with Crippen LogP contribution in [0.25, 0.3) is 10.2 Å². The predicted molar refractivity (Wildman–Crippen MR) is 112 cm³/mol. The summed E-state index contributed by atoms with van der Waals surface area (Å²) in [5, 5.41) is 3.49. The van der Waals surface area contributed by atoms with E-state index in [1.807, 2.05) is 18.0 Å². The summed E-state index contributed by atoms with van der Waals surface area (Å²) in [6, 6.07) is 6.28. The lowest BCUT2D eigenvalue weighted by atomic mass is 9.82. The minimum Gasteiger partial charge on any atom is -0.343 e. The van der Waals surface area contributed by atoms with Crippen LogP contribution in [0.4, 0.5) is 0 Å². The Kier molecular flexibility index (Phi) is 6.37. The fourth-order valence-electron chi connectivity index (χ4n) is 3.65. The van der Waals surface area contributed by atoms with Gasteiger partial charge in [0.15, 0.2) is 0 Å². The number of nitrogens with zero attached hydrogens (tertiary/aromatic N) is 2. The number of hydrogen-bond donors (Lipinski definition) is 1. The molecule has 6 heteroatoms. The zero-order valence-electron chi connectivity index (χ0n) is 16.7. The monoisotopic (exact) mass is 389 g/mol. The van der Waals surface area contributed by atoms with Crippen molar-refractivity contribution in [2.45, 2.75) is 46.0 Å². The number of rotatable bonds is 8. The molecule has 0 saturated carbocycles. The third kappa shape index (κ3) is 5.20. The van der Waals surface area contributed by atoms with Gasteiger partial charge in [0.2, 0.25) is 5.91 Å². The van der Waals surface area contributed by atoms with E-state index in [9.17, 15) is 9.59 Å². The lowest BCUT2D eigenvalue weighted by Gasteiger charge is -2.36. The van der Waals surface area contributed by atoms with Crippen LogP contribution in [-0.4, -0.2) is 41.6 Å². The molecule has 0 spiro atoms. The average molecular weight is 390 g/mol. The zero-order valence-corrected chi connectivity index (χ0v) is 17.5. The molecule has 1 aromatic carbocycles. The fraction of sp³-hybridized carbons (Fsp3) is 0.619. The van der Waals surface area contributed by atoms with Crippen molar-refractivity contribution in [3.63, 3.8) is 0 Å². The van der Waals surface area contributed by atoms with Gasteiger partial charge in [-0.1, -0.05) is 31.3 Å². The van der Waals surface area contributed by atoms with Crippen molar-refractivity contribution in [1.82, 2.24) is 14.8 Å². The summed E-state index contributed by atoms with van der Waals surface area (Å²) in [6.45, 7) is 8.08. The molecule has 1 aromatic heterocycles. The van der Waals surface area contributed by atoms with E-state index in [4.69, 9.17) is 0 Å². The SMILES string of the molecule is Cn1c(=O)sc2cc(CCNCCCCN3CCC(C)(C)CC3=O)ccc21. The summed E-state index contributed by atoms with van der Waals surface area (Å²) in [4.78, 5) is 26.0. The number of thiazole rings is 1. The molecule has 27 heavy (non-hydrogen) atoms. The van der Waals surface area contributed by atoms with Crippen LogP contribution in [0.2, 0.25) is 0 Å². The number of benzene rings is 1. The predicted octanol–water partition coefficient (Wildman–Crippen LogP) is 3.16. The van der Waals surface area contributed by atoms with Crippen molar-refractivity contribution in [2.24, 2.45) is 12.5 Å². The van der Waals surface area contributed by atoms with Gasteiger partial charge in [0.05, 0.1) is 10.2 Å². The van der Waals surface area contributed by atoms with Gasteiger partial charge in [0, 0.05) is 26.6 Å². The summed E-state index contributed by atoms with van der Waals surface area (Å²) in [7, 11) is 1.82. The summed E-state index contributed by atoms with van der Waals surface area (Å²) in [5.41, 5.74) is 2.45. The van der Waals surface area contributed by atoms with Crippen LogP contribution in [-0.2, 0) is 18.3 Å². The Bertz CT molecular complexity index is 853. The molecule has 1 aliphatic rings. The summed E-state index contributed by atoms with van der Waals surface area (Å²) < 4.78 is 2.77. The number of amides is 1. The van der Waals surface area contributed by atoms with E-state index in [-0.39, 0.29) is 10.3 Å². The first-order valence-corrected chi connectivity index (χ1v) is 10.7. The molecule has 1 saturated heterocycles. The van der Waals surface area contributed by atoms with Crippen LogP contribution in [0.5, 0.6) is 0 Å². The Morgan fingerprint density at radius 1 is 1.19 bits per heavy atom. The highest BCUT2D eigenvalue weighted by atomic mass is 32.1. The molecule has 0 bridgehead atoms. The molecule has 1 amide bonds. The van der Waals surface area contributed by atoms with E-state index in [1.165, 1.54) is 16.9 Å². The van der Waals surface area contributed by atoms with Gasteiger partial charge in [0.25, 0.3) is 0 Å². The molecule has 2 heterocycles. The van der Waals surface area contributed by atoms with Crippen LogP contribution in [0.1, 0.15) is 45.1 Å². The molecule has 0 aliphatic carbocycles. The normalized spacial score (nSPS) is 17.0. The minimum absolute atomic E-state index is 0.0935. The molecule has 0 radical (unpaired) electrons. The van der Waals surface area contributed by atoms with Crippen LogP contribution in [0.3, 0.4) is 0 Å². The van der Waals surface area contributed by atoms with Crippen molar-refractivity contribution in [3.8, 4) is 0 Å². The Balaban J connectivity index is 1.32. The Morgan fingerprint density at radius 2 is 2.00 bits per heavy atom. The summed E-state index contributed by atoms with van der Waals surface area (Å²) in [5.74, 6) is 0.317. The lowest BCUT2D eigenvalue weighted by Crippen LogP contribution is -2.42. The first-order chi connectivity index (χ1) is 12.9. The number of piperidine rings is 1. The van der Waals surface area contributed by atoms with Gasteiger partial charge in [-0.05, 0) is 61.9 Å². The van der Waals surface area contributed by atoms with Gasteiger partial charge in [0.1, 0.15) is 0 Å². The average Bonchev–Trinajstić information content (AvgIpc) is 2.89. The van der Waals surface area contributed by atoms with E-state index >= 15 is 0 Å².